The molecule has 0 radical (unpaired) electrons. The van der Waals surface area contributed by atoms with Crippen LogP contribution in [0.1, 0.15) is 41.0 Å². The lowest BCUT2D eigenvalue weighted by Crippen LogP contribution is -2.60. The lowest BCUT2D eigenvalue weighted by Gasteiger charge is -2.41. The summed E-state index contributed by atoms with van der Waals surface area (Å²) < 4.78 is 17.6. The molecule has 4 saturated heterocycles. The van der Waals surface area contributed by atoms with Crippen LogP contribution in [-0.4, -0.2) is 120 Å². The number of hydrogen-bond donors (Lipinski definition) is 1. The van der Waals surface area contributed by atoms with Crippen LogP contribution in [0.25, 0.3) is 0 Å². The summed E-state index contributed by atoms with van der Waals surface area (Å²) in [5.74, 6) is -2.83. The molecular weight excluding hydrogens is 490 g/mol. The standard InChI is InChI=1S/C28H45N3O7/c1-7-9-30(11-10-29-12-14-36-15-13-29)25(34)23-28-16-19(5)27(6,38-28)22(26(35)37-8-2)21(28)24(33)31(23)20(17-32)18(3)4/h7,18-23,32H,1,8-17H2,2-6H3/t19?,20-,21-,22+,23?,27-,28?/m0/s1. The summed E-state index contributed by atoms with van der Waals surface area (Å²) in [4.78, 5) is 47.6. The van der Waals surface area contributed by atoms with Gasteiger partial charge < -0.3 is 29.1 Å². The molecule has 0 saturated carbocycles. The van der Waals surface area contributed by atoms with Gasteiger partial charge in [0.15, 0.2) is 0 Å². The van der Waals surface area contributed by atoms with Gasteiger partial charge in [-0.25, -0.2) is 0 Å². The van der Waals surface area contributed by atoms with Gasteiger partial charge in [-0.15, -0.1) is 6.58 Å². The van der Waals surface area contributed by atoms with Crippen molar-refractivity contribution in [2.24, 2.45) is 23.7 Å². The van der Waals surface area contributed by atoms with Crippen molar-refractivity contribution in [3.05, 3.63) is 12.7 Å². The number of hydrogen-bond acceptors (Lipinski definition) is 8. The fourth-order valence-corrected chi connectivity index (χ4v) is 7.23. The van der Waals surface area contributed by atoms with Gasteiger partial charge in [0.1, 0.15) is 17.6 Å². The number of carbonyl (C=O) groups is 3. The Bertz CT molecular complexity index is 922. The molecule has 10 nitrogen and oxygen atoms in total. The summed E-state index contributed by atoms with van der Waals surface area (Å²) in [7, 11) is 0. The molecule has 3 unspecified atom stereocenters. The summed E-state index contributed by atoms with van der Waals surface area (Å²) in [5, 5.41) is 10.4. The molecular formula is C28H45N3O7. The molecule has 0 aromatic carbocycles. The summed E-state index contributed by atoms with van der Waals surface area (Å²) >= 11 is 0. The van der Waals surface area contributed by atoms with E-state index in [0.29, 0.717) is 39.3 Å². The minimum Gasteiger partial charge on any atom is -0.466 e. The zero-order chi connectivity index (χ0) is 27.8. The molecule has 1 N–H and O–H groups in total. The minimum absolute atomic E-state index is 0.0657. The van der Waals surface area contributed by atoms with Gasteiger partial charge in [-0.1, -0.05) is 26.8 Å². The highest BCUT2D eigenvalue weighted by molar-refractivity contribution is 5.98. The molecule has 4 heterocycles. The van der Waals surface area contributed by atoms with Crippen molar-refractivity contribution in [2.75, 3.05) is 59.2 Å². The SMILES string of the molecule is C=CCN(CCN1CCOCC1)C(=O)C1N([C@@H](CO)C(C)C)C(=O)[C@@H]2[C@H](C(=O)OCC)[C@@]3(C)OC12CC3C. The Morgan fingerprint density at radius 2 is 2.00 bits per heavy atom. The van der Waals surface area contributed by atoms with Crippen molar-refractivity contribution in [3.63, 3.8) is 0 Å². The number of likely N-dealkylation sites (tertiary alicyclic amines) is 1. The number of aliphatic hydroxyl groups is 1. The fourth-order valence-electron chi connectivity index (χ4n) is 7.23. The van der Waals surface area contributed by atoms with Crippen LogP contribution in [0.5, 0.6) is 0 Å². The summed E-state index contributed by atoms with van der Waals surface area (Å²) in [6, 6.07) is -1.54. The molecule has 38 heavy (non-hydrogen) atoms. The highest BCUT2D eigenvalue weighted by atomic mass is 16.6. The van der Waals surface area contributed by atoms with Gasteiger partial charge in [0, 0.05) is 32.7 Å². The van der Waals surface area contributed by atoms with Crippen molar-refractivity contribution in [1.82, 2.24) is 14.7 Å². The molecule has 214 valence electrons. The van der Waals surface area contributed by atoms with E-state index in [0.717, 1.165) is 13.1 Å². The molecule has 1 spiro atoms. The summed E-state index contributed by atoms with van der Waals surface area (Å²) in [6.07, 6.45) is 2.17. The van der Waals surface area contributed by atoms with Crippen LogP contribution >= 0.6 is 0 Å². The van der Waals surface area contributed by atoms with Gasteiger partial charge in [0.05, 0.1) is 44.0 Å². The molecule has 10 heteroatoms. The van der Waals surface area contributed by atoms with Crippen molar-refractivity contribution in [3.8, 4) is 0 Å². The lowest BCUT2D eigenvalue weighted by molar-refractivity contribution is -0.164. The number of carbonyl (C=O) groups excluding carboxylic acids is 3. The largest absolute Gasteiger partial charge is 0.466 e. The Balaban J connectivity index is 1.74. The first-order chi connectivity index (χ1) is 18.1. The molecule has 4 rings (SSSR count). The van der Waals surface area contributed by atoms with Crippen molar-refractivity contribution in [1.29, 1.82) is 0 Å². The maximum atomic E-state index is 14.5. The van der Waals surface area contributed by atoms with E-state index in [1.807, 2.05) is 27.7 Å². The first-order valence-electron chi connectivity index (χ1n) is 14.1. The van der Waals surface area contributed by atoms with E-state index in [2.05, 4.69) is 11.5 Å². The number of amides is 2. The van der Waals surface area contributed by atoms with E-state index in [4.69, 9.17) is 14.2 Å². The van der Waals surface area contributed by atoms with E-state index in [-0.39, 0.29) is 36.9 Å². The van der Waals surface area contributed by atoms with Crippen LogP contribution in [0.15, 0.2) is 12.7 Å². The van der Waals surface area contributed by atoms with Crippen LogP contribution in [0.2, 0.25) is 0 Å². The quantitative estimate of drug-likeness (QED) is 0.307. The number of rotatable bonds is 11. The Hall–Kier alpha value is -2.01. The number of aliphatic hydroxyl groups excluding tert-OH is 1. The zero-order valence-corrected chi connectivity index (χ0v) is 23.6. The Kier molecular flexibility index (Phi) is 8.57. The topological polar surface area (TPSA) is 109 Å². The van der Waals surface area contributed by atoms with Gasteiger partial charge in [-0.2, -0.15) is 0 Å². The summed E-state index contributed by atoms with van der Waals surface area (Å²) in [6.45, 7) is 17.6. The third kappa shape index (κ3) is 4.57. The molecule has 4 fully saturated rings. The van der Waals surface area contributed by atoms with E-state index in [9.17, 15) is 19.5 Å². The highest BCUT2D eigenvalue weighted by Gasteiger charge is 2.80. The van der Waals surface area contributed by atoms with Crippen LogP contribution in [0, 0.1) is 23.7 Å². The second-order valence-electron chi connectivity index (χ2n) is 11.7. The first kappa shape index (κ1) is 29.0. The molecule has 4 aliphatic heterocycles. The predicted molar refractivity (Wildman–Crippen MR) is 140 cm³/mol. The van der Waals surface area contributed by atoms with Crippen LogP contribution < -0.4 is 0 Å². The third-order valence-electron chi connectivity index (χ3n) is 9.29. The molecule has 2 amide bonds. The minimum atomic E-state index is -1.17. The molecule has 0 aromatic rings. The molecule has 0 aliphatic carbocycles. The molecule has 2 bridgehead atoms. The van der Waals surface area contributed by atoms with Crippen LogP contribution in [0.3, 0.4) is 0 Å². The Labute approximate surface area is 226 Å². The van der Waals surface area contributed by atoms with Crippen LogP contribution in [0.4, 0.5) is 0 Å². The zero-order valence-electron chi connectivity index (χ0n) is 23.6. The number of esters is 1. The van der Waals surface area contributed by atoms with E-state index >= 15 is 0 Å². The maximum absolute atomic E-state index is 14.5. The smallest absolute Gasteiger partial charge is 0.312 e. The number of nitrogens with zero attached hydrogens (tertiary/aromatic N) is 3. The monoisotopic (exact) mass is 535 g/mol. The van der Waals surface area contributed by atoms with Gasteiger partial charge >= 0.3 is 5.97 Å². The lowest BCUT2D eigenvalue weighted by atomic mass is 9.62. The van der Waals surface area contributed by atoms with Crippen molar-refractivity contribution >= 4 is 17.8 Å². The number of fused-ring (bicyclic) bond motifs is 1. The van der Waals surface area contributed by atoms with E-state index in [1.54, 1.807) is 22.8 Å². The highest BCUT2D eigenvalue weighted by Crippen LogP contribution is 2.65. The molecule has 7 atom stereocenters. The van der Waals surface area contributed by atoms with Gasteiger partial charge in [0.25, 0.3) is 0 Å². The van der Waals surface area contributed by atoms with E-state index < -0.39 is 41.1 Å². The van der Waals surface area contributed by atoms with E-state index in [1.165, 1.54) is 0 Å². The maximum Gasteiger partial charge on any atom is 0.312 e. The predicted octanol–water partition coefficient (Wildman–Crippen LogP) is 0.924. The Morgan fingerprint density at radius 3 is 2.58 bits per heavy atom. The number of morpholine rings is 1. The van der Waals surface area contributed by atoms with Crippen LogP contribution in [-0.2, 0) is 28.6 Å². The van der Waals surface area contributed by atoms with Gasteiger partial charge in [-0.3, -0.25) is 19.3 Å². The second-order valence-corrected chi connectivity index (χ2v) is 11.7. The van der Waals surface area contributed by atoms with Gasteiger partial charge in [0.2, 0.25) is 11.8 Å². The molecule has 0 aromatic heterocycles. The fraction of sp³-hybridized carbons (Fsp3) is 0.821. The molecule has 4 aliphatic rings. The van der Waals surface area contributed by atoms with Gasteiger partial charge in [-0.05, 0) is 32.1 Å². The van der Waals surface area contributed by atoms with Crippen molar-refractivity contribution < 1.29 is 33.7 Å². The average Bonchev–Trinajstić information content (AvgIpc) is 3.39. The third-order valence-corrected chi connectivity index (χ3v) is 9.29. The van der Waals surface area contributed by atoms with Crippen molar-refractivity contribution in [2.45, 2.75) is 64.3 Å². The second kappa shape index (κ2) is 11.2. The average molecular weight is 536 g/mol. The normalized spacial score (nSPS) is 35.4. The summed E-state index contributed by atoms with van der Waals surface area (Å²) in [5.41, 5.74) is -2.08. The first-order valence-corrected chi connectivity index (χ1v) is 14.1. The Morgan fingerprint density at radius 1 is 1.32 bits per heavy atom. The number of ether oxygens (including phenoxy) is 3.